The Morgan fingerprint density at radius 2 is 0.389 bits per heavy atom. The Kier molecular flexibility index (Phi) is 29.4. The van der Waals surface area contributed by atoms with E-state index < -0.39 is 25.1 Å². The monoisotopic (exact) mass is 2030 g/mol. The van der Waals surface area contributed by atoms with Crippen LogP contribution in [0.4, 0.5) is 0 Å². The van der Waals surface area contributed by atoms with Crippen LogP contribution in [0, 0.1) is 0 Å². The normalized spacial score (nSPS) is 11.8. The quantitative estimate of drug-likeness (QED) is 0.0593. The van der Waals surface area contributed by atoms with Crippen molar-refractivity contribution in [2.24, 2.45) is 0 Å². The maximum Gasteiger partial charge on any atom is 0.488 e. The lowest BCUT2D eigenvalue weighted by Crippen LogP contribution is -2.33. The van der Waals surface area contributed by atoms with E-state index in [1.165, 1.54) is 56.1 Å². The summed E-state index contributed by atoms with van der Waals surface area (Å²) in [6.07, 6.45) is 0. The molecule has 23 aromatic rings. The minimum absolute atomic E-state index is 0.410. The van der Waals surface area contributed by atoms with Crippen LogP contribution in [0.25, 0.3) is 158 Å². The molecule has 0 bridgehead atoms. The van der Waals surface area contributed by atoms with Gasteiger partial charge in [0, 0.05) is 64.6 Å². The van der Waals surface area contributed by atoms with Crippen LogP contribution in [0.5, 0.6) is 0 Å². The second-order valence-electron chi connectivity index (χ2n) is 35.8. The van der Waals surface area contributed by atoms with Crippen LogP contribution in [0.2, 0.25) is 10.0 Å². The second-order valence-corrected chi connectivity index (χ2v) is 37.6. The van der Waals surface area contributed by atoms with E-state index in [-0.39, 0.29) is 0 Å². The molecule has 0 radical (unpaired) electrons. The first-order chi connectivity index (χ1) is 73.2. The van der Waals surface area contributed by atoms with Gasteiger partial charge in [0.25, 0.3) is 0 Å². The van der Waals surface area contributed by atoms with Gasteiger partial charge < -0.3 is 20.1 Å². The molecular weight excluding hydrogens is 1940 g/mol. The van der Waals surface area contributed by atoms with Gasteiger partial charge in [0.1, 0.15) is 0 Å². The summed E-state index contributed by atoms with van der Waals surface area (Å²) in [6, 6.07) is 181. The fourth-order valence-corrected chi connectivity index (χ4v) is 20.4. The molecule has 0 atom stereocenters. The lowest BCUT2D eigenvalue weighted by Gasteiger charge is -2.34. The average molecular weight is 2030 g/mol. The highest BCUT2D eigenvalue weighted by Gasteiger charge is 2.48. The van der Waals surface area contributed by atoms with Crippen LogP contribution in [0.3, 0.4) is 0 Å². The third-order valence-electron chi connectivity index (χ3n) is 26.5. The summed E-state index contributed by atoms with van der Waals surface area (Å²) in [4.78, 5) is 43.3. The molecule has 0 aliphatic heterocycles. The van der Waals surface area contributed by atoms with Crippen LogP contribution in [0.1, 0.15) is 44.5 Å². The zero-order valence-corrected chi connectivity index (χ0v) is 83.5. The maximum atomic E-state index is 9.84. The lowest BCUT2D eigenvalue weighted by atomic mass is 9.66. The van der Waals surface area contributed by atoms with Gasteiger partial charge >= 0.3 is 14.2 Å². The molecule has 4 N–H and O–H groups in total. The number of hydrogen-bond donors (Lipinski definition) is 4. The van der Waals surface area contributed by atoms with Crippen LogP contribution in [-0.2, 0) is 10.8 Å². The first-order valence-corrected chi connectivity index (χ1v) is 50.4. The Morgan fingerprint density at radius 3 is 0.698 bits per heavy atom. The molecule has 0 saturated carbocycles. The van der Waals surface area contributed by atoms with E-state index in [9.17, 15) is 10.0 Å². The van der Waals surface area contributed by atoms with Gasteiger partial charge in [-0.2, -0.15) is 0 Å². The molecule has 2 aliphatic carbocycles. The van der Waals surface area contributed by atoms with E-state index in [1.807, 2.05) is 267 Å². The van der Waals surface area contributed by atoms with E-state index >= 15 is 0 Å². The Bertz CT molecular complexity index is 8380. The molecule has 18 heteroatoms. The van der Waals surface area contributed by atoms with E-state index in [1.54, 1.807) is 24.3 Å². The average Bonchev–Trinajstić information content (AvgIpc) is 1.54. The largest absolute Gasteiger partial charge is 0.488 e. The highest BCUT2D eigenvalue weighted by Crippen LogP contribution is 2.58. The summed E-state index contributed by atoms with van der Waals surface area (Å²) < 4.78 is 0.993. The summed E-state index contributed by atoms with van der Waals surface area (Å²) in [5, 5.41) is 38.2. The van der Waals surface area contributed by atoms with Gasteiger partial charge in [-0.3, -0.25) is 0 Å². The summed E-state index contributed by atoms with van der Waals surface area (Å²) in [7, 11) is -2.93. The number of nitrogens with zero attached hydrogens (tertiary/aromatic N) is 9. The molecular formula is C131H92B2BrCl2N9O4. The van der Waals surface area contributed by atoms with E-state index in [0.717, 1.165) is 105 Å². The smallest absolute Gasteiger partial charge is 0.423 e. The molecule has 0 amide bonds. The Hall–Kier alpha value is -17.5. The van der Waals surface area contributed by atoms with E-state index in [0.29, 0.717) is 73.4 Å². The van der Waals surface area contributed by atoms with Crippen molar-refractivity contribution in [1.29, 1.82) is 0 Å². The molecule has 0 unspecified atom stereocenters. The Labute approximate surface area is 884 Å². The molecule has 149 heavy (non-hydrogen) atoms. The summed E-state index contributed by atoms with van der Waals surface area (Å²) in [5.74, 6) is 5.88. The van der Waals surface area contributed by atoms with E-state index in [2.05, 4.69) is 258 Å². The molecule has 0 saturated heterocycles. The molecule has 0 fully saturated rings. The van der Waals surface area contributed by atoms with Crippen molar-refractivity contribution in [1.82, 2.24) is 44.9 Å². The van der Waals surface area contributed by atoms with Crippen molar-refractivity contribution in [2.45, 2.75) is 10.8 Å². The predicted molar refractivity (Wildman–Crippen MR) is 610 cm³/mol. The van der Waals surface area contributed by atoms with Gasteiger partial charge in [-0.15, -0.1) is 0 Å². The minimum atomic E-state index is -1.50. The zero-order chi connectivity index (χ0) is 101. The molecule has 3 heterocycles. The van der Waals surface area contributed by atoms with Gasteiger partial charge in [-0.1, -0.05) is 512 Å². The third kappa shape index (κ3) is 21.2. The van der Waals surface area contributed by atoms with Crippen molar-refractivity contribution in [3.05, 3.63) is 593 Å². The first-order valence-electron chi connectivity index (χ1n) is 48.9. The van der Waals surface area contributed by atoms with Crippen LogP contribution in [-0.4, -0.2) is 79.2 Å². The molecule has 2 aliphatic rings. The van der Waals surface area contributed by atoms with Gasteiger partial charge in [-0.05, 0) is 172 Å². The third-order valence-corrected chi connectivity index (χ3v) is 27.5. The summed E-state index contributed by atoms with van der Waals surface area (Å²) in [6.45, 7) is 0. The highest BCUT2D eigenvalue weighted by atomic mass is 79.9. The van der Waals surface area contributed by atoms with Gasteiger partial charge in [-0.25, -0.2) is 44.9 Å². The number of fused-ring (bicyclic) bond motifs is 6. The van der Waals surface area contributed by atoms with Crippen molar-refractivity contribution in [2.75, 3.05) is 0 Å². The number of aromatic nitrogens is 9. The molecule has 0 spiro atoms. The molecule has 3 aromatic heterocycles. The fraction of sp³-hybridized carbons (Fsp3) is 0.0153. The number of halogens is 3. The Balaban J connectivity index is 0.000000118. The topological polar surface area (TPSA) is 197 Å². The molecule has 13 nitrogen and oxygen atoms in total. The number of rotatable bonds is 18. The standard InChI is InChI=1S/C52H35N3.C27H18ClN3.C25H19BO2.C21H14BrN3.C6H6BClO2/c1-5-17-36(18-6-1)49-53-50(37-19-7-2-8-20-37)55-51(54-49)42-24-16-23-40(34-42)38-21-15-22-39(33-38)41-31-32-46-45-29-13-14-30-47(45)52(48(46)35-41,43-25-9-3-10-26-43)44-27-11-4-12-28-44;28-24-16-8-14-22(18-24)21-13-7-15-23(17-21)27-30-25(19-9-3-1-4-10-19)29-26(31-27)20-11-5-2-6-12-20;27-26(28)20-15-16-22-21-13-7-8-14-23(21)25(24(22)17-20,18-9-3-1-4-10-18)19-11-5-2-6-12-19;22-18-13-7-12-17(14-18)21-24-19(15-8-3-1-4-9-15)23-20(25-21)16-10-5-2-6-11-16;8-6-3-1-2-5(4-6)7(9)10/h1-35H;1-18H;1-17,27-28H;1-14H;1-4,9-10H. The zero-order valence-electron chi connectivity index (χ0n) is 80.4. The Morgan fingerprint density at radius 1 is 0.168 bits per heavy atom. The number of benzene rings is 20. The van der Waals surface area contributed by atoms with Crippen molar-refractivity contribution < 1.29 is 20.1 Å². The van der Waals surface area contributed by atoms with Gasteiger partial charge in [0.15, 0.2) is 52.4 Å². The minimum Gasteiger partial charge on any atom is -0.423 e. The highest BCUT2D eigenvalue weighted by molar-refractivity contribution is 9.10. The summed E-state index contributed by atoms with van der Waals surface area (Å²) in [5.41, 5.74) is 29.8. The van der Waals surface area contributed by atoms with Crippen molar-refractivity contribution >= 4 is 64.3 Å². The van der Waals surface area contributed by atoms with Gasteiger partial charge in [0.2, 0.25) is 0 Å². The summed E-state index contributed by atoms with van der Waals surface area (Å²) >= 11 is 15.3. The maximum absolute atomic E-state index is 9.84. The fourth-order valence-electron chi connectivity index (χ4n) is 19.6. The lowest BCUT2D eigenvalue weighted by molar-refractivity contribution is 0.424. The SMILES string of the molecule is Brc1cccc(-c2nc(-c3ccccc3)nc(-c3ccccc3)n2)c1.Clc1cccc(-c2cccc(-c3nc(-c4ccccc4)nc(-c4ccccc4)n3)c2)c1.OB(O)c1ccc2c(c1)C(c1ccccc1)(c1ccccc1)c1ccccc1-2.OB(O)c1cccc(Cl)c1.c1ccc(-c2nc(-c3ccccc3)nc(-c3cccc(-c4cccc(-c5ccc6c(c5)C(c5ccccc5)(c5ccccc5)c5ccccc5-6)c4)c3)n2)cc1. The van der Waals surface area contributed by atoms with Crippen LogP contribution < -0.4 is 10.9 Å². The van der Waals surface area contributed by atoms with Gasteiger partial charge in [0.05, 0.1) is 10.8 Å². The number of hydrogen-bond acceptors (Lipinski definition) is 13. The molecule has 25 rings (SSSR count). The van der Waals surface area contributed by atoms with Crippen LogP contribution >= 0.6 is 39.1 Å². The predicted octanol–water partition coefficient (Wildman–Crippen LogP) is 29.1. The van der Waals surface area contributed by atoms with Crippen LogP contribution in [0.15, 0.2) is 538 Å². The molecule has 712 valence electrons. The van der Waals surface area contributed by atoms with Crippen molar-refractivity contribution in [3.63, 3.8) is 0 Å². The van der Waals surface area contributed by atoms with E-state index in [4.69, 9.17) is 73.1 Å². The van der Waals surface area contributed by atoms with Crippen molar-refractivity contribution in [3.8, 4) is 158 Å². The second kappa shape index (κ2) is 45.0. The molecule has 20 aromatic carbocycles. The first kappa shape index (κ1) is 97.5.